The summed E-state index contributed by atoms with van der Waals surface area (Å²) < 4.78 is 28.2. The molecule has 4 aliphatic rings. The highest BCUT2D eigenvalue weighted by molar-refractivity contribution is 6.72. The van der Waals surface area contributed by atoms with E-state index in [-0.39, 0.29) is 31.4 Å². The average Bonchev–Trinajstić information content (AvgIpc) is 3.69. The monoisotopic (exact) mass is 691 g/mol. The molecule has 12 heteroatoms. The first-order chi connectivity index (χ1) is 22.9. The molecule has 2 saturated heterocycles. The van der Waals surface area contributed by atoms with Gasteiger partial charge in [-0.1, -0.05) is 54.9 Å². The fraction of sp³-hybridized carbons (Fsp3) is 0.417. The van der Waals surface area contributed by atoms with Crippen molar-refractivity contribution in [3.05, 3.63) is 94.0 Å². The zero-order chi connectivity index (χ0) is 34.0. The molecule has 0 aromatic heterocycles. The van der Waals surface area contributed by atoms with E-state index in [0.717, 1.165) is 16.7 Å². The Labute approximate surface area is 285 Å². The highest BCUT2D eigenvalue weighted by Crippen LogP contribution is 2.60. The molecule has 0 bridgehead atoms. The van der Waals surface area contributed by atoms with Crippen LogP contribution in [0.15, 0.2) is 66.7 Å². The summed E-state index contributed by atoms with van der Waals surface area (Å²) in [6, 6.07) is 20.1. The largest absolute Gasteiger partial charge is 0.447 e. The molecule has 1 N–H and O–H groups in total. The molecule has 3 amide bonds. The fourth-order valence-electron chi connectivity index (χ4n) is 8.30. The van der Waals surface area contributed by atoms with Crippen molar-refractivity contribution >= 4 is 49.3 Å². The lowest BCUT2D eigenvalue weighted by Gasteiger charge is -2.37. The number of aliphatic hydroxyl groups is 1. The van der Waals surface area contributed by atoms with Gasteiger partial charge in [0.05, 0.1) is 44.0 Å². The van der Waals surface area contributed by atoms with Crippen LogP contribution in [0, 0.1) is 5.92 Å². The predicted octanol–water partition coefficient (Wildman–Crippen LogP) is 5.95. The number of hydrogen-bond donors (Lipinski definition) is 1. The van der Waals surface area contributed by atoms with E-state index in [2.05, 4.69) is 0 Å². The van der Waals surface area contributed by atoms with Crippen molar-refractivity contribution in [2.45, 2.75) is 69.2 Å². The van der Waals surface area contributed by atoms with Gasteiger partial charge in [-0.2, -0.15) is 0 Å². The highest BCUT2D eigenvalue weighted by Gasteiger charge is 2.67. The molecule has 2 fully saturated rings. The van der Waals surface area contributed by atoms with Crippen LogP contribution in [0.5, 0.6) is 0 Å². The number of aliphatic hydroxyl groups excluding tert-OH is 1. The summed E-state index contributed by atoms with van der Waals surface area (Å²) in [6.45, 7) is 6.24. The van der Waals surface area contributed by atoms with Crippen LogP contribution in [0.4, 0.5) is 20.3 Å². The van der Waals surface area contributed by atoms with Crippen LogP contribution in [0.3, 0.4) is 0 Å². The molecule has 0 unspecified atom stereocenters. The van der Waals surface area contributed by atoms with Gasteiger partial charge in [0.15, 0.2) is 5.60 Å². The van der Waals surface area contributed by atoms with E-state index in [1.54, 1.807) is 46.0 Å². The second-order valence-corrected chi connectivity index (χ2v) is 18.0. The van der Waals surface area contributed by atoms with E-state index in [1.165, 1.54) is 0 Å². The number of rotatable bonds is 7. The van der Waals surface area contributed by atoms with E-state index in [1.807, 2.05) is 55.5 Å². The third-order valence-electron chi connectivity index (χ3n) is 10.5. The normalized spacial score (nSPS) is 26.7. The minimum atomic E-state index is -3.52. The average molecular weight is 692 g/mol. The van der Waals surface area contributed by atoms with Crippen molar-refractivity contribution in [2.24, 2.45) is 5.92 Å². The summed E-state index contributed by atoms with van der Waals surface area (Å²) in [5, 5.41) is 10.6. The van der Waals surface area contributed by atoms with Gasteiger partial charge in [0, 0.05) is 34.3 Å². The molecule has 7 rings (SSSR count). The highest BCUT2D eigenvalue weighted by atomic mass is 35.5. The lowest BCUT2D eigenvalue weighted by molar-refractivity contribution is -0.151. The number of ether oxygens (including phenoxy) is 2. The molecule has 4 aliphatic heterocycles. The topological polar surface area (TPSA) is 99.6 Å². The van der Waals surface area contributed by atoms with Crippen LogP contribution in [0.2, 0.25) is 23.7 Å². The van der Waals surface area contributed by atoms with Crippen molar-refractivity contribution in [3.63, 3.8) is 0 Å². The Kier molecular flexibility index (Phi) is 8.38. The Balaban J connectivity index is 1.20. The minimum Gasteiger partial charge on any atom is -0.447 e. The Morgan fingerprint density at radius 2 is 1.81 bits per heavy atom. The van der Waals surface area contributed by atoms with Crippen molar-refractivity contribution < 1.29 is 33.1 Å². The van der Waals surface area contributed by atoms with Crippen molar-refractivity contribution in [3.8, 4) is 0 Å². The Morgan fingerprint density at radius 1 is 1.08 bits per heavy atom. The summed E-state index contributed by atoms with van der Waals surface area (Å²) in [5.74, 6) is -1.15. The van der Waals surface area contributed by atoms with Gasteiger partial charge in [0.25, 0.3) is 5.91 Å². The Bertz CT molecular complexity index is 1770. The zero-order valence-corrected chi connectivity index (χ0v) is 29.0. The van der Waals surface area contributed by atoms with Crippen LogP contribution >= 0.6 is 11.6 Å². The van der Waals surface area contributed by atoms with Crippen LogP contribution in [-0.4, -0.2) is 68.2 Å². The number of amides is 3. The molecule has 0 saturated carbocycles. The van der Waals surface area contributed by atoms with Gasteiger partial charge in [0.2, 0.25) is 14.3 Å². The van der Waals surface area contributed by atoms with Gasteiger partial charge in [-0.3, -0.25) is 14.5 Å². The van der Waals surface area contributed by atoms with Crippen LogP contribution < -0.4 is 9.80 Å². The maximum Gasteiger partial charge on any atom is 0.414 e. The van der Waals surface area contributed by atoms with Crippen molar-refractivity contribution in [1.82, 2.24) is 4.90 Å². The Hall–Kier alpha value is -3.77. The molecule has 4 heterocycles. The van der Waals surface area contributed by atoms with Gasteiger partial charge in [0.1, 0.15) is 6.61 Å². The molecule has 3 aromatic carbocycles. The van der Waals surface area contributed by atoms with E-state index >= 15 is 4.11 Å². The van der Waals surface area contributed by atoms with E-state index in [4.69, 9.17) is 21.1 Å². The van der Waals surface area contributed by atoms with Crippen LogP contribution in [-0.2, 0) is 44.2 Å². The summed E-state index contributed by atoms with van der Waals surface area (Å²) >= 11 is 6.52. The van der Waals surface area contributed by atoms with E-state index < -0.39 is 43.7 Å². The number of nitrogens with zero attached hydrogens (tertiary/aromatic N) is 3. The molecule has 1 spiro atoms. The number of hydrogen-bond acceptors (Lipinski definition) is 6. The number of carbonyl (C=O) groups excluding carboxylic acids is 3. The second kappa shape index (κ2) is 12.3. The Morgan fingerprint density at radius 3 is 2.48 bits per heavy atom. The molecule has 9 nitrogen and oxygen atoms in total. The number of anilines is 2. The molecular formula is C36H39ClFN3O6Si. The molecule has 0 aliphatic carbocycles. The van der Waals surface area contributed by atoms with Crippen molar-refractivity contribution in [1.29, 1.82) is 0 Å². The second-order valence-electron chi connectivity index (χ2n) is 13.8. The maximum absolute atomic E-state index is 16.4. The summed E-state index contributed by atoms with van der Waals surface area (Å²) in [5.41, 5.74) is 2.64. The zero-order valence-electron chi connectivity index (χ0n) is 27.2. The van der Waals surface area contributed by atoms with Gasteiger partial charge >= 0.3 is 6.09 Å². The number of carbonyl (C=O) groups is 3. The third kappa shape index (κ3) is 5.41. The molecule has 252 valence electrons. The number of fused-ring (bicyclic) bond motifs is 3. The molecule has 0 radical (unpaired) electrons. The lowest BCUT2D eigenvalue weighted by Crippen LogP contribution is -2.48. The summed E-state index contributed by atoms with van der Waals surface area (Å²) in [4.78, 5) is 45.7. The maximum atomic E-state index is 16.4. The lowest BCUT2D eigenvalue weighted by atomic mass is 9.82. The molecule has 48 heavy (non-hydrogen) atoms. The predicted molar refractivity (Wildman–Crippen MR) is 182 cm³/mol. The molecule has 5 atom stereocenters. The van der Waals surface area contributed by atoms with Gasteiger partial charge in [-0.05, 0) is 66.5 Å². The summed E-state index contributed by atoms with van der Waals surface area (Å²) in [7, 11) is -3.52. The number of benzene rings is 3. The first-order valence-electron chi connectivity index (χ1n) is 16.4. The molecular weight excluding hydrogens is 653 g/mol. The van der Waals surface area contributed by atoms with Gasteiger partial charge < -0.3 is 28.5 Å². The fourth-order valence-corrected chi connectivity index (χ4v) is 11.0. The van der Waals surface area contributed by atoms with Gasteiger partial charge in [-0.25, -0.2) is 4.79 Å². The minimum absolute atomic E-state index is 0.112. The van der Waals surface area contributed by atoms with E-state index in [9.17, 15) is 19.5 Å². The third-order valence-corrected chi connectivity index (χ3v) is 13.2. The van der Waals surface area contributed by atoms with E-state index in [0.29, 0.717) is 48.1 Å². The van der Waals surface area contributed by atoms with Crippen LogP contribution in [0.1, 0.15) is 35.6 Å². The van der Waals surface area contributed by atoms with Crippen LogP contribution in [0.25, 0.3) is 0 Å². The summed E-state index contributed by atoms with van der Waals surface area (Å²) in [6.07, 6.45) is -0.832. The number of halogens is 2. The first kappa shape index (κ1) is 32.8. The SMILES string of the molecule is C[C@H]1[C@H]([Si](C)(C)F)[C@@H](CC(=O)N2Cc3ccccc3C[C@H]2CO)O[C@]12C(=O)N(Cc1ccc(N3CCOC3=O)cc1)c1ccc(Cl)cc12. The first-order valence-corrected chi connectivity index (χ1v) is 19.7. The standard InChI is InChI=1S/C36H39ClFN3O6Si/c1-22-33(48(2,3)38)31(18-32(43)40-20-25-7-5-4-6-24(25)16-28(40)21-42)47-36(22)29-17-26(37)10-13-30(29)41(34(36)44)19-23-8-11-27(12-9-23)39-14-15-46-35(39)45/h4-13,17,22,28,31,33,42H,14-16,18-21H2,1-3H3/t22-,28-,31+,33-,36+/m0/s1. The smallest absolute Gasteiger partial charge is 0.414 e. The number of cyclic esters (lactones) is 1. The molecule has 3 aromatic rings. The quantitative estimate of drug-likeness (QED) is 0.243. The van der Waals surface area contributed by atoms with Crippen molar-refractivity contribution in [2.75, 3.05) is 29.6 Å². The van der Waals surface area contributed by atoms with Gasteiger partial charge in [-0.15, -0.1) is 0 Å².